The smallest absolute Gasteiger partial charge is 0.292 e. The van der Waals surface area contributed by atoms with E-state index in [0.29, 0.717) is 13.0 Å². The number of nitro benzene ring substituents is 1. The van der Waals surface area contributed by atoms with Crippen molar-refractivity contribution in [2.24, 2.45) is 7.05 Å². The van der Waals surface area contributed by atoms with Gasteiger partial charge in [0.25, 0.3) is 11.6 Å². The number of amides is 1. The van der Waals surface area contributed by atoms with Gasteiger partial charge >= 0.3 is 0 Å². The Labute approximate surface area is 120 Å². The fourth-order valence-corrected chi connectivity index (χ4v) is 1.96. The Morgan fingerprint density at radius 1 is 1.48 bits per heavy atom. The van der Waals surface area contributed by atoms with Gasteiger partial charge in [-0.1, -0.05) is 6.07 Å². The van der Waals surface area contributed by atoms with E-state index >= 15 is 0 Å². The van der Waals surface area contributed by atoms with Crippen molar-refractivity contribution in [3.63, 3.8) is 0 Å². The van der Waals surface area contributed by atoms with Crippen LogP contribution in [0.1, 0.15) is 16.1 Å². The first kappa shape index (κ1) is 14.5. The number of carbonyl (C=O) groups is 1. The lowest BCUT2D eigenvalue weighted by atomic mass is 10.1. The van der Waals surface area contributed by atoms with Gasteiger partial charge in [0.05, 0.1) is 10.5 Å². The third-order valence-corrected chi connectivity index (χ3v) is 3.11. The highest BCUT2D eigenvalue weighted by molar-refractivity contribution is 6.00. The van der Waals surface area contributed by atoms with Crippen molar-refractivity contribution in [3.8, 4) is 0 Å². The van der Waals surface area contributed by atoms with Crippen LogP contribution >= 0.6 is 0 Å². The SMILES string of the molecule is Cn1nccc1CCNC(=O)c1cccc([N+](=O)[O-])c1N. The number of carbonyl (C=O) groups excluding carboxylic acids is 1. The van der Waals surface area contributed by atoms with Crippen LogP contribution in [-0.4, -0.2) is 27.2 Å². The van der Waals surface area contributed by atoms with Gasteiger partial charge in [-0.2, -0.15) is 5.10 Å². The first-order chi connectivity index (χ1) is 10.0. The Bertz CT molecular complexity index is 680. The van der Waals surface area contributed by atoms with Gasteiger partial charge in [0.1, 0.15) is 5.69 Å². The maximum Gasteiger partial charge on any atom is 0.292 e. The number of aromatic nitrogens is 2. The van der Waals surface area contributed by atoms with Gasteiger partial charge in [0, 0.05) is 38.0 Å². The number of nitrogens with two attached hydrogens (primary N) is 1. The highest BCUT2D eigenvalue weighted by Gasteiger charge is 2.18. The minimum Gasteiger partial charge on any atom is -0.393 e. The van der Waals surface area contributed by atoms with E-state index in [2.05, 4.69) is 10.4 Å². The second-order valence-corrected chi connectivity index (χ2v) is 4.45. The van der Waals surface area contributed by atoms with Gasteiger partial charge in [-0.3, -0.25) is 19.6 Å². The molecule has 0 saturated heterocycles. The summed E-state index contributed by atoms with van der Waals surface area (Å²) in [5.74, 6) is -0.432. The molecule has 1 aromatic carbocycles. The summed E-state index contributed by atoms with van der Waals surface area (Å²) >= 11 is 0. The third kappa shape index (κ3) is 3.16. The van der Waals surface area contributed by atoms with Crippen molar-refractivity contribution in [2.45, 2.75) is 6.42 Å². The van der Waals surface area contributed by atoms with E-state index in [-0.39, 0.29) is 16.9 Å². The molecule has 21 heavy (non-hydrogen) atoms. The zero-order valence-corrected chi connectivity index (χ0v) is 11.4. The molecule has 0 aliphatic heterocycles. The first-order valence-corrected chi connectivity index (χ1v) is 6.28. The molecule has 110 valence electrons. The zero-order chi connectivity index (χ0) is 15.4. The molecule has 0 fully saturated rings. The molecule has 1 amide bonds. The fourth-order valence-electron chi connectivity index (χ4n) is 1.96. The summed E-state index contributed by atoms with van der Waals surface area (Å²) in [5.41, 5.74) is 6.35. The number of nitrogens with zero attached hydrogens (tertiary/aromatic N) is 3. The van der Waals surface area contributed by atoms with Crippen molar-refractivity contribution >= 4 is 17.3 Å². The van der Waals surface area contributed by atoms with Crippen molar-refractivity contribution in [2.75, 3.05) is 12.3 Å². The standard InChI is InChI=1S/C13H15N5O3/c1-17-9(6-8-16-17)5-7-15-13(19)10-3-2-4-11(12(10)14)18(20)21/h2-4,6,8H,5,7,14H2,1H3,(H,15,19). The van der Waals surface area contributed by atoms with Crippen molar-refractivity contribution in [1.29, 1.82) is 0 Å². The molecule has 8 nitrogen and oxygen atoms in total. The highest BCUT2D eigenvalue weighted by atomic mass is 16.6. The molecular weight excluding hydrogens is 274 g/mol. The number of rotatable bonds is 5. The van der Waals surface area contributed by atoms with Crippen molar-refractivity contribution in [3.05, 3.63) is 51.8 Å². The third-order valence-electron chi connectivity index (χ3n) is 3.11. The molecule has 2 rings (SSSR count). The molecule has 0 aliphatic rings. The molecule has 0 aliphatic carbocycles. The first-order valence-electron chi connectivity index (χ1n) is 6.28. The second-order valence-electron chi connectivity index (χ2n) is 4.45. The van der Waals surface area contributed by atoms with Crippen molar-refractivity contribution < 1.29 is 9.72 Å². The molecular formula is C13H15N5O3. The summed E-state index contributed by atoms with van der Waals surface area (Å²) in [5, 5.41) is 17.5. The molecule has 3 N–H and O–H groups in total. The Balaban J connectivity index is 2.02. The van der Waals surface area contributed by atoms with Crippen molar-refractivity contribution in [1.82, 2.24) is 15.1 Å². The fraction of sp³-hybridized carbons (Fsp3) is 0.231. The number of nitrogens with one attached hydrogen (secondary N) is 1. The number of nitrogen functional groups attached to an aromatic ring is 1. The van der Waals surface area contributed by atoms with Crippen LogP contribution in [0.15, 0.2) is 30.5 Å². The number of benzene rings is 1. The van der Waals surface area contributed by atoms with Crippen LogP contribution < -0.4 is 11.1 Å². The normalized spacial score (nSPS) is 10.3. The summed E-state index contributed by atoms with van der Waals surface area (Å²) in [6.07, 6.45) is 2.28. The van der Waals surface area contributed by atoms with Crippen LogP contribution in [-0.2, 0) is 13.5 Å². The Kier molecular flexibility index (Phi) is 4.17. The van der Waals surface area contributed by atoms with E-state index in [1.807, 2.05) is 13.1 Å². The lowest BCUT2D eigenvalue weighted by Crippen LogP contribution is -2.27. The Hall–Kier alpha value is -2.90. The van der Waals surface area contributed by atoms with Crippen LogP contribution in [0.4, 0.5) is 11.4 Å². The summed E-state index contributed by atoms with van der Waals surface area (Å²) in [7, 11) is 1.82. The predicted molar refractivity (Wildman–Crippen MR) is 76.8 cm³/mol. The summed E-state index contributed by atoms with van der Waals surface area (Å²) < 4.78 is 1.72. The summed E-state index contributed by atoms with van der Waals surface area (Å²) in [4.78, 5) is 22.2. The monoisotopic (exact) mass is 289 g/mol. The van der Waals surface area contributed by atoms with Crippen LogP contribution in [0, 0.1) is 10.1 Å². The van der Waals surface area contributed by atoms with Gasteiger partial charge in [-0.15, -0.1) is 0 Å². The molecule has 0 spiro atoms. The number of hydrogen-bond donors (Lipinski definition) is 2. The van der Waals surface area contributed by atoms with Crippen LogP contribution in [0.2, 0.25) is 0 Å². The second kappa shape index (κ2) is 6.04. The minimum atomic E-state index is -0.609. The summed E-state index contributed by atoms with van der Waals surface area (Å²) in [6.45, 7) is 0.389. The number of aryl methyl sites for hydroxylation is 1. The topological polar surface area (TPSA) is 116 Å². The van der Waals surface area contributed by atoms with Gasteiger partial charge in [0.15, 0.2) is 0 Å². The Morgan fingerprint density at radius 2 is 2.24 bits per heavy atom. The molecule has 1 heterocycles. The van der Waals surface area contributed by atoms with E-state index in [0.717, 1.165) is 5.69 Å². The maximum absolute atomic E-state index is 12.0. The molecule has 0 unspecified atom stereocenters. The molecule has 0 bridgehead atoms. The van der Waals surface area contributed by atoms with E-state index in [4.69, 9.17) is 5.73 Å². The lowest BCUT2D eigenvalue weighted by Gasteiger charge is -2.08. The lowest BCUT2D eigenvalue weighted by molar-refractivity contribution is -0.383. The minimum absolute atomic E-state index is 0.106. The van der Waals surface area contributed by atoms with E-state index in [1.165, 1.54) is 18.2 Å². The summed E-state index contributed by atoms with van der Waals surface area (Å²) in [6, 6.07) is 6.02. The van der Waals surface area contributed by atoms with Gasteiger partial charge < -0.3 is 11.1 Å². The largest absolute Gasteiger partial charge is 0.393 e. The molecule has 0 atom stereocenters. The molecule has 2 aromatic rings. The molecule has 0 radical (unpaired) electrons. The average molecular weight is 289 g/mol. The van der Waals surface area contributed by atoms with Crippen LogP contribution in [0.5, 0.6) is 0 Å². The van der Waals surface area contributed by atoms with E-state index in [1.54, 1.807) is 10.9 Å². The molecule has 0 saturated carbocycles. The van der Waals surface area contributed by atoms with Crippen LogP contribution in [0.3, 0.4) is 0 Å². The molecule has 1 aromatic heterocycles. The maximum atomic E-state index is 12.0. The number of nitro groups is 1. The molecule has 8 heteroatoms. The van der Waals surface area contributed by atoms with Crippen LogP contribution in [0.25, 0.3) is 0 Å². The average Bonchev–Trinajstić information content (AvgIpc) is 2.84. The van der Waals surface area contributed by atoms with E-state index < -0.39 is 10.8 Å². The number of anilines is 1. The predicted octanol–water partition coefficient (Wildman–Crippen LogP) is 0.883. The van der Waals surface area contributed by atoms with Gasteiger partial charge in [-0.05, 0) is 12.1 Å². The quantitative estimate of drug-likeness (QED) is 0.481. The Morgan fingerprint density at radius 3 is 2.86 bits per heavy atom. The van der Waals surface area contributed by atoms with Gasteiger partial charge in [0.2, 0.25) is 0 Å². The zero-order valence-electron chi connectivity index (χ0n) is 11.4. The van der Waals surface area contributed by atoms with Gasteiger partial charge in [-0.25, -0.2) is 0 Å². The number of para-hydroxylation sites is 1. The highest BCUT2D eigenvalue weighted by Crippen LogP contribution is 2.24. The van der Waals surface area contributed by atoms with E-state index in [9.17, 15) is 14.9 Å². The number of hydrogen-bond acceptors (Lipinski definition) is 5.